The first kappa shape index (κ1) is 10.9. The molecule has 0 saturated heterocycles. The fraction of sp³-hybridized carbons (Fsp3) is 0.143. The van der Waals surface area contributed by atoms with Crippen molar-refractivity contribution in [3.8, 4) is 0 Å². The van der Waals surface area contributed by atoms with Crippen LogP contribution >= 0.6 is 0 Å². The fourth-order valence-electron chi connectivity index (χ4n) is 2.21. The second-order valence-corrected chi connectivity index (χ2v) is 4.42. The first-order valence-corrected chi connectivity index (χ1v) is 5.66. The lowest BCUT2D eigenvalue weighted by Crippen LogP contribution is -1.95. The number of fused-ring (bicyclic) bond motifs is 1. The molecule has 1 aromatic heterocycles. The number of Topliss-reactive ketones (excluding diaryl/α,β-unsaturated/α-hetero) is 1. The number of halogens is 1. The summed E-state index contributed by atoms with van der Waals surface area (Å²) in [6, 6.07) is 4.37. The zero-order valence-electron chi connectivity index (χ0n) is 9.85. The van der Waals surface area contributed by atoms with Gasteiger partial charge in [-0.05, 0) is 23.8 Å². The molecule has 4 heteroatoms. The van der Waals surface area contributed by atoms with Crippen molar-refractivity contribution in [2.24, 2.45) is 7.05 Å². The number of hydrogen-bond donors (Lipinski definition) is 0. The highest BCUT2D eigenvalue weighted by Crippen LogP contribution is 2.28. The Balaban J connectivity index is 1.99. The number of aromatic nitrogens is 2. The number of aryl methyl sites for hydroxylation is 1. The molecular formula is C14H11FN2O. The second-order valence-electron chi connectivity index (χ2n) is 4.42. The van der Waals surface area contributed by atoms with Crippen LogP contribution in [0.5, 0.6) is 0 Å². The predicted octanol–water partition coefficient (Wildman–Crippen LogP) is 2.38. The maximum absolute atomic E-state index is 13.1. The third kappa shape index (κ3) is 1.76. The van der Waals surface area contributed by atoms with Crippen LogP contribution in [0.25, 0.3) is 6.08 Å². The molecule has 0 spiro atoms. The SMILES string of the molecule is Cn1cc(C=C2Cc3ccc(F)cc3C2=O)cn1. The molecule has 2 aromatic rings. The standard InChI is InChI=1S/C14H11FN2O/c1-17-8-9(7-16-17)4-11-5-10-2-3-12(15)6-13(10)14(11)18/h2-4,6-8H,5H2,1H3. The Morgan fingerprint density at radius 1 is 1.44 bits per heavy atom. The van der Waals surface area contributed by atoms with Crippen LogP contribution in [0.3, 0.4) is 0 Å². The zero-order chi connectivity index (χ0) is 12.7. The number of rotatable bonds is 1. The molecule has 1 aromatic carbocycles. The van der Waals surface area contributed by atoms with E-state index in [0.717, 1.165) is 11.1 Å². The van der Waals surface area contributed by atoms with Gasteiger partial charge in [0.15, 0.2) is 5.78 Å². The number of carbonyl (C=O) groups is 1. The van der Waals surface area contributed by atoms with Crippen LogP contribution in [0.15, 0.2) is 36.2 Å². The Morgan fingerprint density at radius 3 is 3.00 bits per heavy atom. The lowest BCUT2D eigenvalue weighted by molar-refractivity contribution is 0.104. The molecule has 0 aliphatic heterocycles. The van der Waals surface area contributed by atoms with E-state index in [2.05, 4.69) is 5.10 Å². The van der Waals surface area contributed by atoms with Crippen LogP contribution in [-0.4, -0.2) is 15.6 Å². The van der Waals surface area contributed by atoms with Gasteiger partial charge in [0.2, 0.25) is 0 Å². The van der Waals surface area contributed by atoms with Crippen molar-refractivity contribution in [1.29, 1.82) is 0 Å². The minimum atomic E-state index is -0.371. The molecule has 0 unspecified atom stereocenters. The van der Waals surface area contributed by atoms with Gasteiger partial charge in [-0.2, -0.15) is 5.10 Å². The molecule has 0 saturated carbocycles. The van der Waals surface area contributed by atoms with Crippen molar-refractivity contribution in [3.05, 3.63) is 58.7 Å². The molecule has 0 fully saturated rings. The first-order valence-electron chi connectivity index (χ1n) is 5.66. The minimum absolute atomic E-state index is 0.0895. The fourth-order valence-corrected chi connectivity index (χ4v) is 2.21. The summed E-state index contributed by atoms with van der Waals surface area (Å²) >= 11 is 0. The third-order valence-electron chi connectivity index (χ3n) is 3.05. The summed E-state index contributed by atoms with van der Waals surface area (Å²) in [5.74, 6) is -0.460. The molecule has 3 nitrogen and oxygen atoms in total. The average molecular weight is 242 g/mol. The van der Waals surface area contributed by atoms with Gasteiger partial charge in [0.05, 0.1) is 6.20 Å². The van der Waals surface area contributed by atoms with Crippen molar-refractivity contribution in [3.63, 3.8) is 0 Å². The maximum Gasteiger partial charge on any atom is 0.189 e. The molecule has 1 aliphatic rings. The van der Waals surface area contributed by atoms with Gasteiger partial charge in [-0.15, -0.1) is 0 Å². The van der Waals surface area contributed by atoms with E-state index in [4.69, 9.17) is 0 Å². The summed E-state index contributed by atoms with van der Waals surface area (Å²) < 4.78 is 14.8. The van der Waals surface area contributed by atoms with E-state index in [-0.39, 0.29) is 11.6 Å². The Morgan fingerprint density at radius 2 is 2.28 bits per heavy atom. The summed E-state index contributed by atoms with van der Waals surface area (Å²) in [5.41, 5.74) is 2.93. The Labute approximate surface area is 104 Å². The van der Waals surface area contributed by atoms with E-state index < -0.39 is 0 Å². The summed E-state index contributed by atoms with van der Waals surface area (Å²) in [7, 11) is 1.82. The van der Waals surface area contributed by atoms with Crippen molar-refractivity contribution in [2.75, 3.05) is 0 Å². The van der Waals surface area contributed by atoms with Gasteiger partial charge in [-0.3, -0.25) is 9.48 Å². The molecule has 1 aliphatic carbocycles. The van der Waals surface area contributed by atoms with Crippen LogP contribution in [0.2, 0.25) is 0 Å². The van der Waals surface area contributed by atoms with Gasteiger partial charge in [0, 0.05) is 36.4 Å². The molecule has 1 heterocycles. The number of allylic oxidation sites excluding steroid dienone is 1. The molecule has 0 N–H and O–H groups in total. The highest BCUT2D eigenvalue weighted by Gasteiger charge is 2.25. The monoisotopic (exact) mass is 242 g/mol. The van der Waals surface area contributed by atoms with Gasteiger partial charge in [-0.1, -0.05) is 6.07 Å². The number of hydrogen-bond acceptors (Lipinski definition) is 2. The van der Waals surface area contributed by atoms with Crippen LogP contribution in [-0.2, 0) is 13.5 Å². The van der Waals surface area contributed by atoms with E-state index in [0.29, 0.717) is 17.6 Å². The highest BCUT2D eigenvalue weighted by molar-refractivity contribution is 6.15. The van der Waals surface area contributed by atoms with E-state index in [1.807, 2.05) is 19.3 Å². The van der Waals surface area contributed by atoms with Gasteiger partial charge in [0.1, 0.15) is 5.82 Å². The lowest BCUT2D eigenvalue weighted by atomic mass is 10.1. The quantitative estimate of drug-likeness (QED) is 0.720. The largest absolute Gasteiger partial charge is 0.289 e. The van der Waals surface area contributed by atoms with Gasteiger partial charge < -0.3 is 0 Å². The van der Waals surface area contributed by atoms with Crippen LogP contribution < -0.4 is 0 Å². The van der Waals surface area contributed by atoms with Gasteiger partial charge >= 0.3 is 0 Å². The maximum atomic E-state index is 13.1. The lowest BCUT2D eigenvalue weighted by Gasteiger charge is -1.94. The number of nitrogens with zero attached hydrogens (tertiary/aromatic N) is 2. The van der Waals surface area contributed by atoms with Gasteiger partial charge in [-0.25, -0.2) is 4.39 Å². The summed E-state index contributed by atoms with van der Waals surface area (Å²) in [4.78, 5) is 12.1. The van der Waals surface area contributed by atoms with E-state index in [9.17, 15) is 9.18 Å². The third-order valence-corrected chi connectivity index (χ3v) is 3.05. The summed E-state index contributed by atoms with van der Waals surface area (Å²) in [6.07, 6.45) is 5.91. The van der Waals surface area contributed by atoms with E-state index in [1.54, 1.807) is 16.9 Å². The Bertz CT molecular complexity index is 670. The smallest absolute Gasteiger partial charge is 0.189 e. The molecule has 18 heavy (non-hydrogen) atoms. The van der Waals surface area contributed by atoms with Crippen LogP contribution in [0.4, 0.5) is 4.39 Å². The molecular weight excluding hydrogens is 231 g/mol. The highest BCUT2D eigenvalue weighted by atomic mass is 19.1. The predicted molar refractivity (Wildman–Crippen MR) is 65.6 cm³/mol. The Hall–Kier alpha value is -2.23. The normalized spacial score (nSPS) is 16.3. The van der Waals surface area contributed by atoms with Crippen LogP contribution in [0.1, 0.15) is 21.5 Å². The summed E-state index contributed by atoms with van der Waals surface area (Å²) in [6.45, 7) is 0. The molecule has 90 valence electrons. The van der Waals surface area contributed by atoms with E-state index in [1.165, 1.54) is 12.1 Å². The van der Waals surface area contributed by atoms with E-state index >= 15 is 0 Å². The van der Waals surface area contributed by atoms with Crippen molar-refractivity contribution in [2.45, 2.75) is 6.42 Å². The Kier molecular flexibility index (Phi) is 2.37. The number of ketones is 1. The number of benzene rings is 1. The van der Waals surface area contributed by atoms with Crippen LogP contribution in [0, 0.1) is 5.82 Å². The minimum Gasteiger partial charge on any atom is -0.289 e. The second kappa shape index (κ2) is 3.91. The molecule has 0 radical (unpaired) electrons. The molecule has 0 amide bonds. The topological polar surface area (TPSA) is 34.9 Å². The summed E-state index contributed by atoms with van der Waals surface area (Å²) in [5, 5.41) is 4.05. The first-order chi connectivity index (χ1) is 8.63. The molecule has 0 bridgehead atoms. The van der Waals surface area contributed by atoms with Gasteiger partial charge in [0.25, 0.3) is 0 Å². The number of carbonyl (C=O) groups excluding carboxylic acids is 1. The molecule has 3 rings (SSSR count). The average Bonchev–Trinajstić information content (AvgIpc) is 2.86. The van der Waals surface area contributed by atoms with Crippen molar-refractivity contribution < 1.29 is 9.18 Å². The van der Waals surface area contributed by atoms with Crippen molar-refractivity contribution >= 4 is 11.9 Å². The molecule has 0 atom stereocenters. The zero-order valence-corrected chi connectivity index (χ0v) is 9.85. The van der Waals surface area contributed by atoms with Crippen molar-refractivity contribution in [1.82, 2.24) is 9.78 Å².